The van der Waals surface area contributed by atoms with E-state index in [1.165, 1.54) is 6.07 Å². The summed E-state index contributed by atoms with van der Waals surface area (Å²) in [5.74, 6) is 2.51. The number of rotatable bonds is 8. The molecular formula is C13H21NO3S2. The first-order valence-electron chi connectivity index (χ1n) is 6.34. The summed E-state index contributed by atoms with van der Waals surface area (Å²) in [4.78, 5) is 0.181. The van der Waals surface area contributed by atoms with Crippen LogP contribution in [0.3, 0.4) is 0 Å². The predicted octanol–water partition coefficient (Wildman–Crippen LogP) is 2.58. The Morgan fingerprint density at radius 2 is 2.05 bits per heavy atom. The molecule has 1 aromatic rings. The van der Waals surface area contributed by atoms with Gasteiger partial charge in [0, 0.05) is 6.07 Å². The van der Waals surface area contributed by atoms with Gasteiger partial charge in [0.15, 0.2) is 9.84 Å². The van der Waals surface area contributed by atoms with E-state index in [2.05, 4.69) is 6.92 Å². The molecule has 0 amide bonds. The smallest absolute Gasteiger partial charge is 0.180 e. The van der Waals surface area contributed by atoms with E-state index in [0.29, 0.717) is 18.8 Å². The normalized spacial score (nSPS) is 11.5. The Morgan fingerprint density at radius 1 is 1.32 bits per heavy atom. The van der Waals surface area contributed by atoms with Crippen LogP contribution in [-0.4, -0.2) is 32.3 Å². The Kier molecular flexibility index (Phi) is 6.51. The van der Waals surface area contributed by atoms with Crippen LogP contribution >= 0.6 is 11.8 Å². The monoisotopic (exact) mass is 303 g/mol. The number of thioether (sulfide) groups is 1. The summed E-state index contributed by atoms with van der Waals surface area (Å²) in [6.45, 7) is 4.41. The molecule has 0 bridgehead atoms. The van der Waals surface area contributed by atoms with E-state index < -0.39 is 9.84 Å². The van der Waals surface area contributed by atoms with Crippen molar-refractivity contribution in [2.24, 2.45) is 0 Å². The van der Waals surface area contributed by atoms with Crippen molar-refractivity contribution in [3.05, 3.63) is 18.2 Å². The molecule has 0 radical (unpaired) electrons. The van der Waals surface area contributed by atoms with E-state index in [-0.39, 0.29) is 16.3 Å². The van der Waals surface area contributed by atoms with Crippen LogP contribution < -0.4 is 10.5 Å². The molecule has 108 valence electrons. The Labute approximate surface area is 119 Å². The van der Waals surface area contributed by atoms with Gasteiger partial charge in [-0.2, -0.15) is 11.8 Å². The highest BCUT2D eigenvalue weighted by Crippen LogP contribution is 2.25. The quantitative estimate of drug-likeness (QED) is 0.590. The summed E-state index contributed by atoms with van der Waals surface area (Å²) < 4.78 is 29.8. The second-order valence-corrected chi connectivity index (χ2v) is 7.47. The first kappa shape index (κ1) is 16.2. The van der Waals surface area contributed by atoms with Gasteiger partial charge in [-0.15, -0.1) is 0 Å². The van der Waals surface area contributed by atoms with E-state index in [4.69, 9.17) is 10.5 Å². The Hall–Kier alpha value is -0.880. The van der Waals surface area contributed by atoms with Crippen molar-refractivity contribution in [1.82, 2.24) is 0 Å². The highest BCUT2D eigenvalue weighted by Gasteiger charge is 2.18. The van der Waals surface area contributed by atoms with E-state index in [1.807, 2.05) is 6.92 Å². The molecule has 1 aromatic carbocycles. The van der Waals surface area contributed by atoms with Crippen LogP contribution in [0.5, 0.6) is 5.75 Å². The number of anilines is 1. The summed E-state index contributed by atoms with van der Waals surface area (Å²) in [6.07, 6.45) is 0.638. The van der Waals surface area contributed by atoms with Crippen LogP contribution in [0.4, 0.5) is 5.69 Å². The van der Waals surface area contributed by atoms with Gasteiger partial charge in [0.25, 0.3) is 0 Å². The number of nitrogens with two attached hydrogens (primary N) is 1. The summed E-state index contributed by atoms with van der Waals surface area (Å²) in [5, 5.41) is 0. The molecule has 0 aromatic heterocycles. The molecule has 0 fully saturated rings. The third-order valence-corrected chi connectivity index (χ3v) is 5.37. The molecule has 0 aliphatic heterocycles. The van der Waals surface area contributed by atoms with Crippen LogP contribution in [-0.2, 0) is 9.84 Å². The first-order chi connectivity index (χ1) is 9.01. The average molecular weight is 303 g/mol. The fourth-order valence-corrected chi connectivity index (χ4v) is 3.93. The van der Waals surface area contributed by atoms with Crippen molar-refractivity contribution in [3.63, 3.8) is 0 Å². The fourth-order valence-electron chi connectivity index (χ4n) is 1.65. The highest BCUT2D eigenvalue weighted by molar-refractivity contribution is 7.99. The van der Waals surface area contributed by atoms with Crippen LogP contribution in [0.2, 0.25) is 0 Å². The van der Waals surface area contributed by atoms with E-state index in [1.54, 1.807) is 23.9 Å². The number of hydrogen-bond acceptors (Lipinski definition) is 5. The summed E-state index contributed by atoms with van der Waals surface area (Å²) >= 11 is 1.74. The minimum atomic E-state index is -3.33. The van der Waals surface area contributed by atoms with Crippen molar-refractivity contribution >= 4 is 27.3 Å². The Bertz CT molecular complexity index is 501. The molecule has 0 aliphatic rings. The topological polar surface area (TPSA) is 69.4 Å². The summed E-state index contributed by atoms with van der Waals surface area (Å²) in [7, 11) is -3.33. The molecule has 6 heteroatoms. The molecule has 0 heterocycles. The highest BCUT2D eigenvalue weighted by atomic mass is 32.2. The second kappa shape index (κ2) is 7.65. The van der Waals surface area contributed by atoms with Gasteiger partial charge in [-0.3, -0.25) is 0 Å². The van der Waals surface area contributed by atoms with Crippen molar-refractivity contribution in [2.45, 2.75) is 25.2 Å². The standard InChI is InChI=1S/C13H21NO3S2/c1-3-17-11-6-7-12(14)13(10-11)19(15,16)9-5-8-18-4-2/h6-7,10H,3-5,8-9,14H2,1-2H3. The lowest BCUT2D eigenvalue weighted by molar-refractivity contribution is 0.339. The number of hydrogen-bond donors (Lipinski definition) is 1. The predicted molar refractivity (Wildman–Crippen MR) is 81.7 cm³/mol. The summed E-state index contributed by atoms with van der Waals surface area (Å²) in [6, 6.07) is 4.78. The maximum absolute atomic E-state index is 12.2. The minimum absolute atomic E-state index is 0.125. The van der Waals surface area contributed by atoms with E-state index >= 15 is 0 Å². The Balaban J connectivity index is 2.84. The van der Waals surface area contributed by atoms with Crippen LogP contribution in [0.25, 0.3) is 0 Å². The van der Waals surface area contributed by atoms with E-state index in [0.717, 1.165) is 11.5 Å². The van der Waals surface area contributed by atoms with Crippen molar-refractivity contribution in [3.8, 4) is 5.75 Å². The Morgan fingerprint density at radius 3 is 2.68 bits per heavy atom. The molecule has 0 unspecified atom stereocenters. The zero-order chi connectivity index (χ0) is 14.3. The van der Waals surface area contributed by atoms with Crippen molar-refractivity contribution in [2.75, 3.05) is 29.6 Å². The number of benzene rings is 1. The van der Waals surface area contributed by atoms with Crippen molar-refractivity contribution in [1.29, 1.82) is 0 Å². The van der Waals surface area contributed by atoms with Gasteiger partial charge in [-0.1, -0.05) is 6.92 Å². The fraction of sp³-hybridized carbons (Fsp3) is 0.538. The second-order valence-electron chi connectivity index (χ2n) is 4.00. The van der Waals surface area contributed by atoms with Crippen molar-refractivity contribution < 1.29 is 13.2 Å². The van der Waals surface area contributed by atoms with Gasteiger partial charge in [-0.05, 0) is 37.0 Å². The maximum Gasteiger partial charge on any atom is 0.180 e. The lowest BCUT2D eigenvalue weighted by Gasteiger charge is -2.10. The lowest BCUT2D eigenvalue weighted by atomic mass is 10.3. The van der Waals surface area contributed by atoms with Gasteiger partial charge < -0.3 is 10.5 Å². The molecule has 0 atom stereocenters. The molecule has 0 spiro atoms. The number of nitrogen functional groups attached to an aromatic ring is 1. The molecule has 2 N–H and O–H groups in total. The first-order valence-corrected chi connectivity index (χ1v) is 9.14. The zero-order valence-electron chi connectivity index (χ0n) is 11.4. The van der Waals surface area contributed by atoms with Crippen LogP contribution in [0, 0.1) is 0 Å². The number of ether oxygens (including phenoxy) is 1. The molecule has 19 heavy (non-hydrogen) atoms. The number of sulfone groups is 1. The third-order valence-electron chi connectivity index (χ3n) is 2.54. The van der Waals surface area contributed by atoms with Gasteiger partial charge in [0.1, 0.15) is 5.75 Å². The SMILES string of the molecule is CCOc1ccc(N)c(S(=O)(=O)CCCSCC)c1. The average Bonchev–Trinajstić information content (AvgIpc) is 2.37. The van der Waals surface area contributed by atoms with Gasteiger partial charge >= 0.3 is 0 Å². The maximum atomic E-state index is 12.2. The summed E-state index contributed by atoms with van der Waals surface area (Å²) in [5.41, 5.74) is 6.05. The zero-order valence-corrected chi connectivity index (χ0v) is 13.0. The lowest BCUT2D eigenvalue weighted by Crippen LogP contribution is -2.10. The molecule has 1 rings (SSSR count). The third kappa shape index (κ3) is 4.95. The molecule has 0 saturated carbocycles. The molecule has 4 nitrogen and oxygen atoms in total. The van der Waals surface area contributed by atoms with E-state index in [9.17, 15) is 8.42 Å². The largest absolute Gasteiger partial charge is 0.494 e. The molecule has 0 saturated heterocycles. The molecular weight excluding hydrogens is 282 g/mol. The molecule has 0 aliphatic carbocycles. The van der Waals surface area contributed by atoms with Gasteiger partial charge in [0.2, 0.25) is 0 Å². The van der Waals surface area contributed by atoms with Crippen LogP contribution in [0.15, 0.2) is 23.1 Å². The van der Waals surface area contributed by atoms with Gasteiger partial charge in [-0.25, -0.2) is 8.42 Å². The minimum Gasteiger partial charge on any atom is -0.494 e. The van der Waals surface area contributed by atoms with Gasteiger partial charge in [0.05, 0.1) is 22.9 Å². The van der Waals surface area contributed by atoms with Crippen LogP contribution in [0.1, 0.15) is 20.3 Å².